The maximum absolute atomic E-state index is 13.2. The van der Waals surface area contributed by atoms with Gasteiger partial charge in [-0.3, -0.25) is 4.79 Å². The van der Waals surface area contributed by atoms with Crippen LogP contribution in [0.25, 0.3) is 4.91 Å². The van der Waals surface area contributed by atoms with Crippen molar-refractivity contribution in [1.82, 2.24) is 9.62 Å². The van der Waals surface area contributed by atoms with Crippen molar-refractivity contribution in [2.75, 3.05) is 6.54 Å². The van der Waals surface area contributed by atoms with Crippen LogP contribution in [-0.4, -0.2) is 30.7 Å². The van der Waals surface area contributed by atoms with E-state index in [1.165, 1.54) is 6.07 Å². The number of sulfonamides is 1. The molecule has 9 heteroatoms. The number of benzene rings is 2. The summed E-state index contributed by atoms with van der Waals surface area (Å²) in [5.41, 5.74) is -1.03. The fourth-order valence-corrected chi connectivity index (χ4v) is 5.53. The highest BCUT2D eigenvalue weighted by Crippen LogP contribution is 2.38. The summed E-state index contributed by atoms with van der Waals surface area (Å²) < 4.78 is 66.1. The van der Waals surface area contributed by atoms with Gasteiger partial charge < -0.3 is 5.32 Å². The third kappa shape index (κ3) is 4.61. The lowest BCUT2D eigenvalue weighted by Crippen LogP contribution is -2.46. The first kappa shape index (κ1) is 22.9. The van der Waals surface area contributed by atoms with Crippen molar-refractivity contribution in [2.45, 2.75) is 38.9 Å². The van der Waals surface area contributed by atoms with E-state index in [4.69, 9.17) is 0 Å². The summed E-state index contributed by atoms with van der Waals surface area (Å²) in [4.78, 5) is 12.9. The van der Waals surface area contributed by atoms with Gasteiger partial charge in [-0.1, -0.05) is 48.5 Å². The van der Waals surface area contributed by atoms with Crippen molar-refractivity contribution in [2.24, 2.45) is 0 Å². The highest BCUT2D eigenvalue weighted by molar-refractivity contribution is 7.99. The first-order valence-electron chi connectivity index (χ1n) is 9.63. The van der Waals surface area contributed by atoms with E-state index in [0.717, 1.165) is 16.4 Å². The number of carbonyl (C=O) groups excluding carboxylic acids is 1. The zero-order chi connectivity index (χ0) is 23.0. The van der Waals surface area contributed by atoms with Gasteiger partial charge in [-0.15, -0.1) is 0 Å². The molecule has 0 fully saturated rings. The topological polar surface area (TPSA) is 66.5 Å². The van der Waals surface area contributed by atoms with E-state index < -0.39 is 33.2 Å². The largest absolute Gasteiger partial charge is 0.416 e. The van der Waals surface area contributed by atoms with Crippen molar-refractivity contribution in [1.29, 1.82) is 0 Å². The number of carbonyl (C=O) groups is 1. The Morgan fingerprint density at radius 3 is 2.19 bits per heavy atom. The summed E-state index contributed by atoms with van der Waals surface area (Å²) in [6.07, 6.45) is -4.27. The molecule has 0 unspecified atom stereocenters. The molecule has 2 aromatic carbocycles. The zero-order valence-electron chi connectivity index (χ0n) is 17.3. The lowest BCUT2D eigenvalue weighted by Gasteiger charge is -2.30. The van der Waals surface area contributed by atoms with E-state index in [2.05, 4.69) is 5.32 Å². The van der Waals surface area contributed by atoms with Crippen LogP contribution in [0.5, 0.6) is 0 Å². The van der Waals surface area contributed by atoms with Crippen LogP contribution >= 0.6 is 0 Å². The minimum Gasteiger partial charge on any atom is -0.379 e. The van der Waals surface area contributed by atoms with Crippen LogP contribution in [0, 0.1) is 0 Å². The lowest BCUT2D eigenvalue weighted by atomic mass is 10.1. The van der Waals surface area contributed by atoms with Crippen LogP contribution in [0.3, 0.4) is 0 Å². The molecular formula is C22H23F3N2O3S. The predicted octanol–water partition coefficient (Wildman–Crippen LogP) is 4.18. The second kappa shape index (κ2) is 8.03. The van der Waals surface area contributed by atoms with Gasteiger partial charge in [0.25, 0.3) is 15.9 Å². The molecule has 0 atom stereocenters. The van der Waals surface area contributed by atoms with Gasteiger partial charge in [0.2, 0.25) is 0 Å². The first-order chi connectivity index (χ1) is 14.3. The van der Waals surface area contributed by atoms with Gasteiger partial charge in [-0.2, -0.15) is 13.2 Å². The molecule has 0 saturated carbocycles. The first-order valence-corrected chi connectivity index (χ1v) is 11.1. The van der Waals surface area contributed by atoms with Crippen LogP contribution in [0.4, 0.5) is 13.2 Å². The van der Waals surface area contributed by atoms with Crippen molar-refractivity contribution in [3.05, 3.63) is 77.0 Å². The minimum atomic E-state index is -4.45. The molecule has 166 valence electrons. The van der Waals surface area contributed by atoms with E-state index in [1.807, 2.05) is 0 Å². The Morgan fingerprint density at radius 2 is 1.61 bits per heavy atom. The van der Waals surface area contributed by atoms with Crippen LogP contribution in [-0.2, 0) is 27.4 Å². The molecule has 5 nitrogen and oxygen atoms in total. The van der Waals surface area contributed by atoms with E-state index in [-0.39, 0.29) is 23.6 Å². The average Bonchev–Trinajstić information content (AvgIpc) is 2.86. The number of alkyl halides is 3. The molecule has 0 radical (unpaired) electrons. The summed E-state index contributed by atoms with van der Waals surface area (Å²) in [6, 6.07) is 13.2. The third-order valence-electron chi connectivity index (χ3n) is 4.74. The Labute approximate surface area is 179 Å². The second-order valence-electron chi connectivity index (χ2n) is 8.19. The number of hydrogen-bond donors (Lipinski definition) is 1. The Kier molecular flexibility index (Phi) is 5.92. The third-order valence-corrected chi connectivity index (χ3v) is 6.89. The molecule has 0 aliphatic carbocycles. The monoisotopic (exact) mass is 452 g/mol. The average molecular weight is 452 g/mol. The molecule has 0 aromatic heterocycles. The van der Waals surface area contributed by atoms with Gasteiger partial charge in [0.1, 0.15) is 10.6 Å². The molecule has 1 aliphatic heterocycles. The summed E-state index contributed by atoms with van der Waals surface area (Å²) in [6.45, 7) is 4.95. The summed E-state index contributed by atoms with van der Waals surface area (Å²) in [7, 11) is -4.11. The lowest BCUT2D eigenvalue weighted by molar-refractivity contribution is -0.137. The van der Waals surface area contributed by atoms with E-state index >= 15 is 0 Å². The Morgan fingerprint density at radius 1 is 0.968 bits per heavy atom. The van der Waals surface area contributed by atoms with Gasteiger partial charge >= 0.3 is 6.18 Å². The summed E-state index contributed by atoms with van der Waals surface area (Å²) in [5, 5.41) is 2.87. The number of rotatable bonds is 5. The molecule has 1 heterocycles. The quantitative estimate of drug-likeness (QED) is 0.739. The van der Waals surface area contributed by atoms with Gasteiger partial charge in [-0.25, -0.2) is 12.7 Å². The van der Waals surface area contributed by atoms with Crippen LogP contribution in [0.15, 0.2) is 60.3 Å². The van der Waals surface area contributed by atoms with Gasteiger partial charge in [-0.05, 0) is 44.4 Å². The van der Waals surface area contributed by atoms with E-state index in [0.29, 0.717) is 11.1 Å². The number of halogens is 3. The Hall–Kier alpha value is -2.81. The highest BCUT2D eigenvalue weighted by atomic mass is 32.2. The molecule has 0 saturated heterocycles. The normalized spacial score (nSPS) is 16.7. The van der Waals surface area contributed by atoms with E-state index in [1.54, 1.807) is 57.2 Å². The molecular weight excluding hydrogens is 429 g/mol. The van der Waals surface area contributed by atoms with Gasteiger partial charge in [0.15, 0.2) is 0 Å². The molecule has 0 bridgehead atoms. The number of nitrogens with zero attached hydrogens (tertiary/aromatic N) is 1. The Balaban J connectivity index is 1.92. The molecule has 1 aliphatic rings. The maximum Gasteiger partial charge on any atom is 0.416 e. The van der Waals surface area contributed by atoms with Crippen molar-refractivity contribution >= 4 is 20.8 Å². The Bertz CT molecular complexity index is 1120. The van der Waals surface area contributed by atoms with Crippen LogP contribution in [0.1, 0.15) is 37.5 Å². The van der Waals surface area contributed by atoms with Crippen LogP contribution in [0.2, 0.25) is 0 Å². The van der Waals surface area contributed by atoms with Gasteiger partial charge in [0, 0.05) is 6.54 Å². The summed E-state index contributed by atoms with van der Waals surface area (Å²) in [5.74, 6) is -0.685. The molecule has 0 spiro atoms. The molecule has 31 heavy (non-hydrogen) atoms. The minimum absolute atomic E-state index is 0.0758. The number of amides is 1. The zero-order valence-corrected chi connectivity index (χ0v) is 18.1. The second-order valence-corrected chi connectivity index (χ2v) is 9.91. The van der Waals surface area contributed by atoms with Crippen molar-refractivity contribution in [3.63, 3.8) is 0 Å². The fourth-order valence-electron chi connectivity index (χ4n) is 3.47. The molecule has 1 amide bonds. The van der Waals surface area contributed by atoms with Gasteiger partial charge in [0.05, 0.1) is 11.1 Å². The van der Waals surface area contributed by atoms with E-state index in [9.17, 15) is 26.4 Å². The maximum atomic E-state index is 13.2. The standard InChI is InChI=1S/C22H23F3N2O3S/c1-21(2,3)27-20(28)18(19(31(27,29)30)16-9-5-4-6-10-16)26-13-12-15-8-7-11-17(14-15)22(23,24)25/h4-11,14,26H,12-13H2,1-3H3. The van der Waals surface area contributed by atoms with Crippen molar-refractivity contribution < 1.29 is 26.4 Å². The summed E-state index contributed by atoms with van der Waals surface area (Å²) >= 11 is 0. The number of nitrogens with one attached hydrogen (secondary N) is 1. The molecule has 3 rings (SSSR count). The molecule has 1 N–H and O–H groups in total. The highest BCUT2D eigenvalue weighted by Gasteiger charge is 2.49. The predicted molar refractivity (Wildman–Crippen MR) is 112 cm³/mol. The fraction of sp³-hybridized carbons (Fsp3) is 0.318. The van der Waals surface area contributed by atoms with Crippen molar-refractivity contribution in [3.8, 4) is 0 Å². The smallest absolute Gasteiger partial charge is 0.379 e. The molecule has 2 aromatic rings. The number of hydrogen-bond acceptors (Lipinski definition) is 4. The SMILES string of the molecule is CC(C)(C)N1C(=O)C(NCCc2cccc(C(F)(F)F)c2)=C(c2ccccc2)S1(=O)=O. The van der Waals surface area contributed by atoms with Crippen LogP contribution < -0.4 is 5.32 Å².